The number of para-hydroxylation sites is 1. The van der Waals surface area contributed by atoms with Gasteiger partial charge in [0, 0.05) is 21.8 Å². The molecule has 1 N–H and O–H groups in total. The summed E-state index contributed by atoms with van der Waals surface area (Å²) >= 11 is 21.9. The third-order valence-corrected chi connectivity index (χ3v) is 6.26. The summed E-state index contributed by atoms with van der Waals surface area (Å²) in [4.78, 5) is 12.7. The van der Waals surface area contributed by atoms with Crippen LogP contribution in [0.25, 0.3) is 0 Å². The quantitative estimate of drug-likeness (QED) is 0.253. The molecule has 0 fully saturated rings. The number of carbonyl (C=O) groups is 1. The molecule has 1 aromatic heterocycles. The van der Waals surface area contributed by atoms with Crippen LogP contribution in [0.5, 0.6) is 5.75 Å². The van der Waals surface area contributed by atoms with Gasteiger partial charge in [0.25, 0.3) is 5.91 Å². The molecule has 168 valence electrons. The lowest BCUT2D eigenvalue weighted by atomic mass is 10.1. The second kappa shape index (κ2) is 10.6. The number of hydrogen-bond donors (Lipinski definition) is 1. The molecule has 33 heavy (non-hydrogen) atoms. The fourth-order valence-electron chi connectivity index (χ4n) is 3.04. The second-order valence-corrected chi connectivity index (χ2v) is 9.23. The molecule has 1 amide bonds. The molecule has 0 atom stereocenters. The highest BCUT2D eigenvalue weighted by atomic mass is 79.9. The average molecular weight is 566 g/mol. The first-order valence-corrected chi connectivity index (χ1v) is 11.8. The van der Waals surface area contributed by atoms with Gasteiger partial charge in [-0.1, -0.05) is 65.1 Å². The molecular weight excluding hydrogens is 549 g/mol. The van der Waals surface area contributed by atoms with Crippen LogP contribution in [-0.4, -0.2) is 15.7 Å². The molecule has 4 rings (SSSR count). The molecule has 0 saturated carbocycles. The van der Waals surface area contributed by atoms with E-state index >= 15 is 0 Å². The average Bonchev–Trinajstić information content (AvgIpc) is 3.14. The number of nitrogens with one attached hydrogen (secondary N) is 1. The predicted octanol–water partition coefficient (Wildman–Crippen LogP) is 7.49. The van der Waals surface area contributed by atoms with E-state index in [2.05, 4.69) is 26.3 Å². The summed E-state index contributed by atoms with van der Waals surface area (Å²) in [7, 11) is 0. The highest BCUT2D eigenvalue weighted by molar-refractivity contribution is 9.10. The number of carbonyl (C=O) groups excluding carboxylic acids is 1. The van der Waals surface area contributed by atoms with Crippen LogP contribution in [0, 0.1) is 0 Å². The second-order valence-electron chi connectivity index (χ2n) is 7.13. The number of halogens is 4. The van der Waals surface area contributed by atoms with E-state index in [1.165, 1.54) is 0 Å². The first kappa shape index (κ1) is 23.6. The Bertz CT molecular complexity index is 1290. The van der Waals surface area contributed by atoms with Gasteiger partial charge < -0.3 is 10.1 Å². The molecule has 0 aliphatic heterocycles. The normalized spacial score (nSPS) is 10.8. The zero-order valence-electron chi connectivity index (χ0n) is 17.1. The molecule has 0 saturated heterocycles. The van der Waals surface area contributed by atoms with Crippen molar-refractivity contribution >= 4 is 62.5 Å². The molecule has 0 unspecified atom stereocenters. The highest BCUT2D eigenvalue weighted by Crippen LogP contribution is 2.26. The standard InChI is InChI=1S/C24H17BrCl3N3O2/c25-19-3-1-2-4-22(19)33-14-15-5-7-16(8-6-15)24(32)29-23-21(28)13-31(30-23)12-17-9-10-18(26)11-20(17)27/h1-11,13H,12,14H2,(H,29,30,32). The minimum Gasteiger partial charge on any atom is -0.488 e. The van der Waals surface area contributed by atoms with Gasteiger partial charge in [0.2, 0.25) is 0 Å². The molecule has 0 bridgehead atoms. The minimum atomic E-state index is -0.315. The van der Waals surface area contributed by atoms with Crippen LogP contribution in [0.2, 0.25) is 15.1 Å². The Hall–Kier alpha value is -2.51. The first-order chi connectivity index (χ1) is 15.9. The van der Waals surface area contributed by atoms with Crippen molar-refractivity contribution in [2.75, 3.05) is 5.32 Å². The number of nitrogens with zero attached hydrogens (tertiary/aromatic N) is 2. The van der Waals surface area contributed by atoms with E-state index in [0.29, 0.717) is 33.8 Å². The van der Waals surface area contributed by atoms with Crippen molar-refractivity contribution in [2.45, 2.75) is 13.2 Å². The Labute approximate surface area is 214 Å². The summed E-state index contributed by atoms with van der Waals surface area (Å²) in [6.07, 6.45) is 1.63. The van der Waals surface area contributed by atoms with E-state index in [-0.39, 0.29) is 11.7 Å². The number of aromatic nitrogens is 2. The van der Waals surface area contributed by atoms with Crippen molar-refractivity contribution < 1.29 is 9.53 Å². The first-order valence-electron chi connectivity index (χ1n) is 9.83. The van der Waals surface area contributed by atoms with Gasteiger partial charge >= 0.3 is 0 Å². The fourth-order valence-corrected chi connectivity index (χ4v) is 4.11. The van der Waals surface area contributed by atoms with Gasteiger partial charge in [-0.25, -0.2) is 0 Å². The molecular formula is C24H17BrCl3N3O2. The van der Waals surface area contributed by atoms with Crippen molar-refractivity contribution in [3.05, 3.63) is 109 Å². The van der Waals surface area contributed by atoms with Crippen LogP contribution >= 0.6 is 50.7 Å². The van der Waals surface area contributed by atoms with Crippen molar-refractivity contribution in [3.8, 4) is 5.75 Å². The fraction of sp³-hybridized carbons (Fsp3) is 0.0833. The molecule has 0 aliphatic carbocycles. The molecule has 4 aromatic rings. The number of amides is 1. The SMILES string of the molecule is O=C(Nc1nn(Cc2ccc(Cl)cc2Cl)cc1Cl)c1ccc(COc2ccccc2Br)cc1. The van der Waals surface area contributed by atoms with Crippen molar-refractivity contribution in [3.63, 3.8) is 0 Å². The molecule has 3 aromatic carbocycles. The minimum absolute atomic E-state index is 0.271. The summed E-state index contributed by atoms with van der Waals surface area (Å²) in [6, 6.07) is 20.0. The smallest absolute Gasteiger partial charge is 0.256 e. The van der Waals surface area contributed by atoms with E-state index in [9.17, 15) is 4.79 Å². The zero-order valence-corrected chi connectivity index (χ0v) is 20.9. The Morgan fingerprint density at radius 1 is 1.00 bits per heavy atom. The monoisotopic (exact) mass is 563 g/mol. The Morgan fingerprint density at radius 2 is 1.76 bits per heavy atom. The molecule has 5 nitrogen and oxygen atoms in total. The molecule has 1 heterocycles. The van der Waals surface area contributed by atoms with Crippen molar-refractivity contribution in [1.29, 1.82) is 0 Å². The van der Waals surface area contributed by atoms with Gasteiger partial charge in [-0.05, 0) is 63.5 Å². The zero-order chi connectivity index (χ0) is 23.4. The number of rotatable bonds is 7. The Morgan fingerprint density at radius 3 is 2.48 bits per heavy atom. The van der Waals surface area contributed by atoms with Gasteiger partial charge in [0.05, 0.1) is 11.0 Å². The summed E-state index contributed by atoms with van der Waals surface area (Å²) in [5, 5.41) is 8.52. The van der Waals surface area contributed by atoms with E-state index in [0.717, 1.165) is 21.3 Å². The van der Waals surface area contributed by atoms with Crippen molar-refractivity contribution in [2.24, 2.45) is 0 Å². The largest absolute Gasteiger partial charge is 0.488 e. The summed E-state index contributed by atoms with van der Waals surface area (Å²) in [6.45, 7) is 0.770. The van der Waals surface area contributed by atoms with E-state index in [4.69, 9.17) is 39.5 Å². The van der Waals surface area contributed by atoms with Crippen LogP contribution in [0.1, 0.15) is 21.5 Å². The maximum atomic E-state index is 12.7. The lowest BCUT2D eigenvalue weighted by Crippen LogP contribution is -2.13. The summed E-state index contributed by atoms with van der Waals surface area (Å²) < 4.78 is 8.30. The third-order valence-electron chi connectivity index (χ3n) is 4.74. The van der Waals surface area contributed by atoms with Crippen LogP contribution in [0.4, 0.5) is 5.82 Å². The van der Waals surface area contributed by atoms with Crippen LogP contribution < -0.4 is 10.1 Å². The van der Waals surface area contributed by atoms with Gasteiger partial charge in [-0.3, -0.25) is 9.48 Å². The van der Waals surface area contributed by atoms with Gasteiger partial charge in [-0.2, -0.15) is 5.10 Å². The predicted molar refractivity (Wildman–Crippen MR) is 136 cm³/mol. The number of benzene rings is 3. The number of hydrogen-bond acceptors (Lipinski definition) is 3. The van der Waals surface area contributed by atoms with E-state index in [1.807, 2.05) is 42.5 Å². The van der Waals surface area contributed by atoms with Gasteiger partial charge in [0.15, 0.2) is 5.82 Å². The van der Waals surface area contributed by atoms with Crippen molar-refractivity contribution in [1.82, 2.24) is 9.78 Å². The van der Waals surface area contributed by atoms with Gasteiger partial charge in [0.1, 0.15) is 17.4 Å². The summed E-state index contributed by atoms with van der Waals surface area (Å²) in [5.41, 5.74) is 2.24. The highest BCUT2D eigenvalue weighted by Gasteiger charge is 2.13. The topological polar surface area (TPSA) is 56.2 Å². The summed E-state index contributed by atoms with van der Waals surface area (Å²) in [5.74, 6) is 0.711. The molecule has 0 spiro atoms. The maximum absolute atomic E-state index is 12.7. The third kappa shape index (κ3) is 6.09. The number of anilines is 1. The Balaban J connectivity index is 1.38. The maximum Gasteiger partial charge on any atom is 0.256 e. The molecule has 0 radical (unpaired) electrons. The molecule has 9 heteroatoms. The lowest BCUT2D eigenvalue weighted by Gasteiger charge is -2.09. The van der Waals surface area contributed by atoms with E-state index in [1.54, 1.807) is 35.1 Å². The number of ether oxygens (including phenoxy) is 1. The Kier molecular flexibility index (Phi) is 7.60. The lowest BCUT2D eigenvalue weighted by molar-refractivity contribution is 0.102. The van der Waals surface area contributed by atoms with E-state index < -0.39 is 0 Å². The van der Waals surface area contributed by atoms with Gasteiger partial charge in [-0.15, -0.1) is 0 Å². The van der Waals surface area contributed by atoms with Crippen LogP contribution in [0.3, 0.4) is 0 Å². The van der Waals surface area contributed by atoms with Crippen LogP contribution in [0.15, 0.2) is 77.4 Å². The molecule has 0 aliphatic rings. The van der Waals surface area contributed by atoms with Crippen LogP contribution in [-0.2, 0) is 13.2 Å².